The Morgan fingerprint density at radius 2 is 1.86 bits per heavy atom. The lowest BCUT2D eigenvalue weighted by Gasteiger charge is -2.05. The van der Waals surface area contributed by atoms with Gasteiger partial charge in [-0.1, -0.05) is 42.5 Å². The molecule has 110 valence electrons. The van der Waals surface area contributed by atoms with Crippen molar-refractivity contribution < 1.29 is 4.74 Å². The summed E-state index contributed by atoms with van der Waals surface area (Å²) >= 11 is 1.53. The fourth-order valence-corrected chi connectivity index (χ4v) is 2.73. The summed E-state index contributed by atoms with van der Waals surface area (Å²) in [7, 11) is 0. The Bertz CT molecular complexity index is 766. The molecule has 0 saturated carbocycles. The molecule has 1 heterocycles. The lowest BCUT2D eigenvalue weighted by Crippen LogP contribution is -1.95. The van der Waals surface area contributed by atoms with Gasteiger partial charge < -0.3 is 4.74 Å². The highest BCUT2D eigenvalue weighted by molar-refractivity contribution is 7.13. The highest BCUT2D eigenvalue weighted by Crippen LogP contribution is 2.26. The zero-order valence-corrected chi connectivity index (χ0v) is 13.1. The molecule has 0 unspecified atom stereocenters. The maximum Gasteiger partial charge on any atom is 0.209 e. The molecule has 3 nitrogen and oxygen atoms in total. The van der Waals surface area contributed by atoms with Crippen molar-refractivity contribution in [2.75, 3.05) is 6.61 Å². The van der Waals surface area contributed by atoms with Crippen LogP contribution in [0.4, 0.5) is 5.13 Å². The Hall–Kier alpha value is -2.46. The second kappa shape index (κ2) is 7.00. The largest absolute Gasteiger partial charge is 0.493 e. The van der Waals surface area contributed by atoms with E-state index in [-0.39, 0.29) is 0 Å². The van der Waals surface area contributed by atoms with Gasteiger partial charge >= 0.3 is 0 Å². The smallest absolute Gasteiger partial charge is 0.209 e. The van der Waals surface area contributed by atoms with Crippen LogP contribution in [0.2, 0.25) is 0 Å². The summed E-state index contributed by atoms with van der Waals surface area (Å²) in [6, 6.07) is 18.0. The van der Waals surface area contributed by atoms with E-state index < -0.39 is 0 Å². The molecule has 0 bridgehead atoms. The van der Waals surface area contributed by atoms with Crippen LogP contribution < -0.4 is 4.74 Å². The van der Waals surface area contributed by atoms with Gasteiger partial charge in [-0.2, -0.15) is 0 Å². The Kier molecular flexibility index (Phi) is 4.61. The summed E-state index contributed by atoms with van der Waals surface area (Å²) in [4.78, 5) is 9.02. The number of benzene rings is 2. The third-order valence-electron chi connectivity index (χ3n) is 3.09. The van der Waals surface area contributed by atoms with E-state index in [2.05, 4.69) is 9.98 Å². The van der Waals surface area contributed by atoms with Crippen molar-refractivity contribution >= 4 is 22.7 Å². The molecule has 2 aromatic carbocycles. The van der Waals surface area contributed by atoms with E-state index in [1.807, 2.05) is 66.9 Å². The summed E-state index contributed by atoms with van der Waals surface area (Å²) < 4.78 is 5.59. The van der Waals surface area contributed by atoms with Crippen LogP contribution in [0.3, 0.4) is 0 Å². The molecule has 3 rings (SSSR count). The maximum atomic E-state index is 5.59. The van der Waals surface area contributed by atoms with Gasteiger partial charge in [-0.25, -0.2) is 9.98 Å². The van der Waals surface area contributed by atoms with Crippen LogP contribution in [0.1, 0.15) is 12.5 Å². The van der Waals surface area contributed by atoms with Crippen LogP contribution in [0, 0.1) is 0 Å². The first-order chi connectivity index (χ1) is 10.9. The number of rotatable bonds is 5. The summed E-state index contributed by atoms with van der Waals surface area (Å²) in [6.45, 7) is 2.61. The lowest BCUT2D eigenvalue weighted by atomic mass is 10.2. The van der Waals surface area contributed by atoms with E-state index in [1.54, 1.807) is 6.21 Å². The summed E-state index contributed by atoms with van der Waals surface area (Å²) in [5, 5.41) is 2.77. The lowest BCUT2D eigenvalue weighted by molar-refractivity contribution is 0.340. The Morgan fingerprint density at radius 3 is 2.68 bits per heavy atom. The minimum atomic E-state index is 0.639. The summed E-state index contributed by atoms with van der Waals surface area (Å²) in [5.41, 5.74) is 3.02. The van der Waals surface area contributed by atoms with Gasteiger partial charge in [0.15, 0.2) is 0 Å². The van der Waals surface area contributed by atoms with E-state index in [1.165, 1.54) is 11.3 Å². The molecule has 4 heteroatoms. The molecule has 0 atom stereocenters. The van der Waals surface area contributed by atoms with Gasteiger partial charge in [-0.15, -0.1) is 11.3 Å². The third-order valence-corrected chi connectivity index (χ3v) is 3.84. The predicted octanol–water partition coefficient (Wildman–Crippen LogP) is 4.96. The summed E-state index contributed by atoms with van der Waals surface area (Å²) in [5.74, 6) is 0.841. The van der Waals surface area contributed by atoms with Gasteiger partial charge in [-0.3, -0.25) is 0 Å². The van der Waals surface area contributed by atoms with E-state index in [4.69, 9.17) is 4.74 Å². The molecule has 0 spiro atoms. The Morgan fingerprint density at radius 1 is 1.09 bits per heavy atom. The first kappa shape index (κ1) is 14.5. The van der Waals surface area contributed by atoms with Gasteiger partial charge in [0.1, 0.15) is 5.75 Å². The first-order valence-corrected chi connectivity index (χ1v) is 8.01. The number of ether oxygens (including phenoxy) is 1. The molecule has 0 fully saturated rings. The summed E-state index contributed by atoms with van der Waals surface area (Å²) in [6.07, 6.45) is 1.80. The van der Waals surface area contributed by atoms with Crippen molar-refractivity contribution in [2.24, 2.45) is 4.99 Å². The zero-order valence-electron chi connectivity index (χ0n) is 12.3. The molecular formula is C18H16N2OS. The van der Waals surface area contributed by atoms with Gasteiger partial charge in [0.25, 0.3) is 0 Å². The molecule has 0 amide bonds. The number of aromatic nitrogens is 1. The number of aliphatic imine (C=N–C) groups is 1. The molecule has 0 aliphatic rings. The van der Waals surface area contributed by atoms with Gasteiger partial charge in [0, 0.05) is 22.7 Å². The Balaban J connectivity index is 1.81. The second-order valence-corrected chi connectivity index (χ2v) is 5.45. The normalized spacial score (nSPS) is 11.0. The molecule has 1 aromatic heterocycles. The van der Waals surface area contributed by atoms with Gasteiger partial charge in [0.05, 0.1) is 12.3 Å². The van der Waals surface area contributed by atoms with Crippen molar-refractivity contribution in [2.45, 2.75) is 6.92 Å². The molecule has 0 N–H and O–H groups in total. The van der Waals surface area contributed by atoms with E-state index >= 15 is 0 Å². The number of hydrogen-bond donors (Lipinski definition) is 0. The molecule has 0 radical (unpaired) electrons. The predicted molar refractivity (Wildman–Crippen MR) is 92.4 cm³/mol. The maximum absolute atomic E-state index is 5.59. The third kappa shape index (κ3) is 3.40. The standard InChI is InChI=1S/C18H16N2OS/c1-2-21-17-11-7-6-10-15(17)12-19-18-20-16(13-22-18)14-8-4-3-5-9-14/h3-13H,2H2,1H3. The molecule has 0 saturated heterocycles. The van der Waals surface area contributed by atoms with E-state index in [9.17, 15) is 0 Å². The average Bonchev–Trinajstić information content (AvgIpc) is 3.04. The molecular weight excluding hydrogens is 292 g/mol. The number of para-hydroxylation sites is 1. The van der Waals surface area contributed by atoms with Crippen LogP contribution in [0.25, 0.3) is 11.3 Å². The van der Waals surface area contributed by atoms with Crippen LogP contribution >= 0.6 is 11.3 Å². The SMILES string of the molecule is CCOc1ccccc1C=Nc1nc(-c2ccccc2)cs1. The van der Waals surface area contributed by atoms with Crippen molar-refractivity contribution in [3.8, 4) is 17.0 Å². The van der Waals surface area contributed by atoms with Crippen LogP contribution in [-0.4, -0.2) is 17.8 Å². The number of nitrogens with zero attached hydrogens (tertiary/aromatic N) is 2. The quantitative estimate of drug-likeness (QED) is 0.624. The van der Waals surface area contributed by atoms with Gasteiger partial charge in [0.2, 0.25) is 5.13 Å². The van der Waals surface area contributed by atoms with E-state index in [0.717, 1.165) is 27.7 Å². The van der Waals surface area contributed by atoms with Crippen molar-refractivity contribution in [3.63, 3.8) is 0 Å². The van der Waals surface area contributed by atoms with Crippen LogP contribution in [-0.2, 0) is 0 Å². The Labute approximate surface area is 134 Å². The van der Waals surface area contributed by atoms with Crippen LogP contribution in [0.5, 0.6) is 5.75 Å². The van der Waals surface area contributed by atoms with Crippen LogP contribution in [0.15, 0.2) is 65.0 Å². The average molecular weight is 308 g/mol. The minimum absolute atomic E-state index is 0.639. The molecule has 22 heavy (non-hydrogen) atoms. The van der Waals surface area contributed by atoms with Crippen molar-refractivity contribution in [3.05, 3.63) is 65.5 Å². The van der Waals surface area contributed by atoms with Crippen molar-refractivity contribution in [1.82, 2.24) is 4.98 Å². The topological polar surface area (TPSA) is 34.5 Å². The molecule has 3 aromatic rings. The highest BCUT2D eigenvalue weighted by Gasteiger charge is 2.03. The van der Waals surface area contributed by atoms with E-state index in [0.29, 0.717) is 6.61 Å². The molecule has 0 aliphatic heterocycles. The highest BCUT2D eigenvalue weighted by atomic mass is 32.1. The minimum Gasteiger partial charge on any atom is -0.493 e. The number of hydrogen-bond acceptors (Lipinski definition) is 4. The van der Waals surface area contributed by atoms with Crippen molar-refractivity contribution in [1.29, 1.82) is 0 Å². The zero-order chi connectivity index (χ0) is 15.2. The first-order valence-electron chi connectivity index (χ1n) is 7.13. The molecule has 0 aliphatic carbocycles. The number of thiazole rings is 1. The monoisotopic (exact) mass is 308 g/mol. The van der Waals surface area contributed by atoms with Gasteiger partial charge in [-0.05, 0) is 19.1 Å². The fourth-order valence-electron chi connectivity index (χ4n) is 2.06. The second-order valence-electron chi connectivity index (χ2n) is 4.61. The fraction of sp³-hybridized carbons (Fsp3) is 0.111.